The standard InChI is InChI=1S/C24H29N3O4/c1-2-12-26-13-14-27(22(28)9-10-23(29)30)17-20(24(26)31)15-18-6-3-4-8-21(18)19-7-5-11-25-16-19/h3-8,11,16,20H,2,9-10,12-15,17H2,1H3,(H,29,30)/t20-/m1/s1. The second-order valence-corrected chi connectivity index (χ2v) is 7.86. The van der Waals surface area contributed by atoms with Crippen LogP contribution in [0.4, 0.5) is 0 Å². The lowest BCUT2D eigenvalue weighted by molar-refractivity contribution is -0.141. The average molecular weight is 424 g/mol. The molecule has 0 saturated carbocycles. The van der Waals surface area contributed by atoms with Crippen molar-refractivity contribution in [3.05, 3.63) is 54.4 Å². The Balaban J connectivity index is 1.85. The van der Waals surface area contributed by atoms with E-state index in [1.54, 1.807) is 17.3 Å². The van der Waals surface area contributed by atoms with Crippen molar-refractivity contribution in [1.82, 2.24) is 14.8 Å². The highest BCUT2D eigenvalue weighted by atomic mass is 16.4. The monoisotopic (exact) mass is 423 g/mol. The maximum atomic E-state index is 13.3. The predicted octanol–water partition coefficient (Wildman–Crippen LogP) is 2.85. The quantitative estimate of drug-likeness (QED) is 0.705. The lowest BCUT2D eigenvalue weighted by Crippen LogP contribution is -2.38. The summed E-state index contributed by atoms with van der Waals surface area (Å²) >= 11 is 0. The largest absolute Gasteiger partial charge is 0.481 e. The van der Waals surface area contributed by atoms with E-state index in [2.05, 4.69) is 4.98 Å². The molecule has 1 aromatic heterocycles. The molecule has 0 aliphatic carbocycles. The van der Waals surface area contributed by atoms with Crippen LogP contribution in [0.1, 0.15) is 31.7 Å². The summed E-state index contributed by atoms with van der Waals surface area (Å²) in [5, 5.41) is 8.92. The van der Waals surface area contributed by atoms with Crippen molar-refractivity contribution in [1.29, 1.82) is 0 Å². The highest BCUT2D eigenvalue weighted by Gasteiger charge is 2.32. The summed E-state index contributed by atoms with van der Waals surface area (Å²) in [4.78, 5) is 44.5. The average Bonchev–Trinajstić information content (AvgIpc) is 2.93. The first-order valence-corrected chi connectivity index (χ1v) is 10.8. The van der Waals surface area contributed by atoms with Gasteiger partial charge in [0.25, 0.3) is 0 Å². The molecule has 1 fully saturated rings. The van der Waals surface area contributed by atoms with Gasteiger partial charge in [-0.15, -0.1) is 0 Å². The lowest BCUT2D eigenvalue weighted by Gasteiger charge is -2.24. The van der Waals surface area contributed by atoms with E-state index in [1.165, 1.54) is 0 Å². The summed E-state index contributed by atoms with van der Waals surface area (Å²) in [5.74, 6) is -1.52. The zero-order chi connectivity index (χ0) is 22.2. The molecule has 0 radical (unpaired) electrons. The van der Waals surface area contributed by atoms with Gasteiger partial charge in [-0.1, -0.05) is 37.3 Å². The fourth-order valence-electron chi connectivity index (χ4n) is 4.05. The van der Waals surface area contributed by atoms with Crippen LogP contribution in [0.15, 0.2) is 48.8 Å². The number of pyridine rings is 1. The number of benzene rings is 1. The first-order valence-electron chi connectivity index (χ1n) is 10.8. The predicted molar refractivity (Wildman–Crippen MR) is 117 cm³/mol. The molecule has 1 aliphatic heterocycles. The number of carbonyl (C=O) groups is 3. The molecule has 1 aliphatic rings. The zero-order valence-electron chi connectivity index (χ0n) is 17.9. The van der Waals surface area contributed by atoms with Gasteiger partial charge in [-0.25, -0.2) is 0 Å². The van der Waals surface area contributed by atoms with Gasteiger partial charge >= 0.3 is 5.97 Å². The Bertz CT molecular complexity index is 916. The number of carboxylic acid groups (broad SMARTS) is 1. The number of nitrogens with zero attached hydrogens (tertiary/aromatic N) is 3. The first-order chi connectivity index (χ1) is 15.0. The van der Waals surface area contributed by atoms with Gasteiger partial charge in [0.15, 0.2) is 0 Å². The third-order valence-corrected chi connectivity index (χ3v) is 5.60. The van der Waals surface area contributed by atoms with Crippen LogP contribution >= 0.6 is 0 Å². The van der Waals surface area contributed by atoms with Crippen molar-refractivity contribution < 1.29 is 19.5 Å². The Morgan fingerprint density at radius 1 is 1.13 bits per heavy atom. The molecule has 164 valence electrons. The van der Waals surface area contributed by atoms with Crippen molar-refractivity contribution >= 4 is 17.8 Å². The van der Waals surface area contributed by atoms with Gasteiger partial charge in [-0.05, 0) is 30.0 Å². The minimum atomic E-state index is -0.992. The number of amides is 2. The first kappa shape index (κ1) is 22.5. The van der Waals surface area contributed by atoms with Crippen LogP contribution in [0, 0.1) is 5.92 Å². The van der Waals surface area contributed by atoms with Crippen LogP contribution in [-0.4, -0.2) is 63.9 Å². The molecule has 0 unspecified atom stereocenters. The van der Waals surface area contributed by atoms with Crippen molar-refractivity contribution in [2.24, 2.45) is 5.92 Å². The van der Waals surface area contributed by atoms with Gasteiger partial charge in [-0.3, -0.25) is 19.4 Å². The maximum Gasteiger partial charge on any atom is 0.303 e. The van der Waals surface area contributed by atoms with E-state index < -0.39 is 5.97 Å². The Morgan fingerprint density at radius 2 is 1.94 bits per heavy atom. The summed E-state index contributed by atoms with van der Waals surface area (Å²) in [6, 6.07) is 11.8. The second-order valence-electron chi connectivity index (χ2n) is 7.86. The normalized spacial score (nSPS) is 16.8. The Labute approximate surface area is 182 Å². The molecular formula is C24H29N3O4. The molecule has 0 bridgehead atoms. The highest BCUT2D eigenvalue weighted by molar-refractivity contribution is 5.84. The third kappa shape index (κ3) is 5.90. The van der Waals surface area contributed by atoms with Crippen LogP contribution in [0.25, 0.3) is 11.1 Å². The lowest BCUT2D eigenvalue weighted by atomic mass is 9.91. The van der Waals surface area contributed by atoms with E-state index in [0.29, 0.717) is 32.6 Å². The summed E-state index contributed by atoms with van der Waals surface area (Å²) in [7, 11) is 0. The molecule has 1 N–H and O–H groups in total. The highest BCUT2D eigenvalue weighted by Crippen LogP contribution is 2.27. The SMILES string of the molecule is CCCN1CCN(C(=O)CCC(=O)O)C[C@@H](Cc2ccccc2-c2cccnc2)C1=O. The molecule has 3 rings (SSSR count). The molecule has 0 spiro atoms. The van der Waals surface area contributed by atoms with Crippen molar-refractivity contribution in [3.63, 3.8) is 0 Å². The van der Waals surface area contributed by atoms with E-state index in [4.69, 9.17) is 5.11 Å². The van der Waals surface area contributed by atoms with Gasteiger partial charge in [0.1, 0.15) is 0 Å². The van der Waals surface area contributed by atoms with Gasteiger partial charge in [-0.2, -0.15) is 0 Å². The zero-order valence-corrected chi connectivity index (χ0v) is 17.9. The van der Waals surface area contributed by atoms with Gasteiger partial charge in [0.05, 0.1) is 12.3 Å². The number of rotatable bonds is 8. The summed E-state index contributed by atoms with van der Waals surface area (Å²) < 4.78 is 0. The molecule has 2 amide bonds. The summed E-state index contributed by atoms with van der Waals surface area (Å²) in [5.41, 5.74) is 3.04. The molecule has 7 nitrogen and oxygen atoms in total. The van der Waals surface area contributed by atoms with Crippen molar-refractivity contribution in [2.75, 3.05) is 26.2 Å². The van der Waals surface area contributed by atoms with Gasteiger partial charge in [0.2, 0.25) is 11.8 Å². The second kappa shape index (κ2) is 10.7. The van der Waals surface area contributed by atoms with Crippen LogP contribution in [0.3, 0.4) is 0 Å². The smallest absolute Gasteiger partial charge is 0.303 e. The Kier molecular flexibility index (Phi) is 7.76. The molecule has 2 heterocycles. The fraction of sp³-hybridized carbons (Fsp3) is 0.417. The van der Waals surface area contributed by atoms with Crippen molar-refractivity contribution in [2.45, 2.75) is 32.6 Å². The number of hydrogen-bond donors (Lipinski definition) is 1. The van der Waals surface area contributed by atoms with E-state index >= 15 is 0 Å². The van der Waals surface area contributed by atoms with Crippen LogP contribution < -0.4 is 0 Å². The Hall–Kier alpha value is -3.22. The van der Waals surface area contributed by atoms with Crippen LogP contribution in [-0.2, 0) is 20.8 Å². The third-order valence-electron chi connectivity index (χ3n) is 5.60. The molecule has 2 aromatic rings. The molecule has 1 aromatic carbocycles. The fourth-order valence-corrected chi connectivity index (χ4v) is 4.05. The molecule has 1 saturated heterocycles. The molecule has 1 atom stereocenters. The van der Waals surface area contributed by atoms with E-state index in [-0.39, 0.29) is 30.6 Å². The number of carboxylic acids is 1. The number of aromatic nitrogens is 1. The minimum Gasteiger partial charge on any atom is -0.481 e. The van der Waals surface area contributed by atoms with E-state index in [0.717, 1.165) is 23.1 Å². The maximum absolute atomic E-state index is 13.3. The molecule has 7 heteroatoms. The van der Waals surface area contributed by atoms with E-state index in [1.807, 2.05) is 48.2 Å². The topological polar surface area (TPSA) is 90.8 Å². The molecule has 31 heavy (non-hydrogen) atoms. The number of hydrogen-bond acceptors (Lipinski definition) is 4. The number of aliphatic carboxylic acids is 1. The van der Waals surface area contributed by atoms with Gasteiger partial charge < -0.3 is 14.9 Å². The van der Waals surface area contributed by atoms with Gasteiger partial charge in [0, 0.05) is 50.6 Å². The van der Waals surface area contributed by atoms with Crippen LogP contribution in [0.5, 0.6) is 0 Å². The van der Waals surface area contributed by atoms with Crippen LogP contribution in [0.2, 0.25) is 0 Å². The molecular weight excluding hydrogens is 394 g/mol. The van der Waals surface area contributed by atoms with Crippen molar-refractivity contribution in [3.8, 4) is 11.1 Å². The summed E-state index contributed by atoms with van der Waals surface area (Å²) in [6.07, 6.45) is 4.64. The Morgan fingerprint density at radius 3 is 2.65 bits per heavy atom. The summed E-state index contributed by atoms with van der Waals surface area (Å²) in [6.45, 7) is 3.90. The number of carbonyl (C=O) groups excluding carboxylic acids is 2. The minimum absolute atomic E-state index is 0.0453. The van der Waals surface area contributed by atoms with E-state index in [9.17, 15) is 14.4 Å².